The van der Waals surface area contributed by atoms with Crippen LogP contribution >= 0.6 is 63.7 Å². The molecule has 0 heterocycles. The van der Waals surface area contributed by atoms with E-state index in [4.69, 9.17) is 0 Å². The number of alkyl halides is 4. The largest absolute Gasteiger partial charge is 0.0929 e. The summed E-state index contributed by atoms with van der Waals surface area (Å²) in [7, 11) is 0. The molecular weight excluding hydrogens is 476 g/mol. The molecule has 5 fully saturated rings. The van der Waals surface area contributed by atoms with Crippen LogP contribution in [0, 0.1) is 34.5 Å². The van der Waals surface area contributed by atoms with E-state index in [1.54, 1.807) is 0 Å². The van der Waals surface area contributed by atoms with E-state index in [-0.39, 0.29) is 6.47 Å². The number of hydrogen-bond donors (Lipinski definition) is 0. The zero-order chi connectivity index (χ0) is 11.8. The van der Waals surface area contributed by atoms with E-state index in [2.05, 4.69) is 63.7 Å². The van der Waals surface area contributed by atoms with Crippen LogP contribution in [0.25, 0.3) is 0 Å². The predicted octanol–water partition coefficient (Wildman–Crippen LogP) is 5.41. The third kappa shape index (κ3) is 1.01. The van der Waals surface area contributed by atoms with Crippen LogP contribution in [0.3, 0.4) is 0 Å². The molecule has 0 saturated heterocycles. The van der Waals surface area contributed by atoms with Crippen molar-refractivity contribution in [3.05, 3.63) is 0 Å². The molecule has 17 heavy (non-hydrogen) atoms. The lowest BCUT2D eigenvalue weighted by Gasteiger charge is -2.32. The SMILES string of the molecule is BrC1(Br)[C@@H]2C[C@]34C[C@@H]5C[C@@H]5C[C@@]3(C[C@@H]21)C4(Br)Br. The molecule has 0 bridgehead atoms. The summed E-state index contributed by atoms with van der Waals surface area (Å²) >= 11 is 16.0. The topological polar surface area (TPSA) is 0 Å². The normalized spacial score (nSPS) is 67.1. The molecule has 0 spiro atoms. The van der Waals surface area contributed by atoms with E-state index in [1.165, 1.54) is 32.1 Å². The maximum atomic E-state index is 4.07. The Morgan fingerprint density at radius 1 is 0.706 bits per heavy atom. The molecule has 0 unspecified atom stereocenters. The highest BCUT2D eigenvalue weighted by atomic mass is 79.9. The molecule has 0 amide bonds. The third-order valence-electron chi connectivity index (χ3n) is 6.85. The van der Waals surface area contributed by atoms with Gasteiger partial charge in [0.05, 0.1) is 6.47 Å². The van der Waals surface area contributed by atoms with Crippen molar-refractivity contribution in [3.63, 3.8) is 0 Å². The summed E-state index contributed by atoms with van der Waals surface area (Å²) in [5.41, 5.74) is 1.14. The van der Waals surface area contributed by atoms with Crippen LogP contribution in [0.1, 0.15) is 32.1 Å². The van der Waals surface area contributed by atoms with Gasteiger partial charge in [-0.2, -0.15) is 0 Å². The van der Waals surface area contributed by atoms with E-state index in [0.717, 1.165) is 23.7 Å². The molecule has 5 rings (SSSR count). The lowest BCUT2D eigenvalue weighted by molar-refractivity contribution is 0.157. The standard InChI is InChI=1S/C13H14Br4/c14-12(15)8-4-10-2-6-1-7(6)3-11(10,5-9(8)12)13(10,16)17/h6-9H,1-5H2/t6-,7+,8+,9-,10+,11-. The molecule has 0 radical (unpaired) electrons. The highest BCUT2D eigenvalue weighted by molar-refractivity contribution is 9.26. The first-order valence-corrected chi connectivity index (χ1v) is 9.79. The number of fused-ring (bicyclic) bond motifs is 2. The lowest BCUT2D eigenvalue weighted by Crippen LogP contribution is -2.25. The number of rotatable bonds is 0. The van der Waals surface area contributed by atoms with Gasteiger partial charge >= 0.3 is 0 Å². The van der Waals surface area contributed by atoms with Crippen LogP contribution in [0.5, 0.6) is 0 Å². The lowest BCUT2D eigenvalue weighted by atomic mass is 9.71. The molecule has 0 aromatic heterocycles. The Labute approximate surface area is 136 Å². The molecule has 0 aliphatic heterocycles. The van der Waals surface area contributed by atoms with Gasteiger partial charge in [0.15, 0.2) is 0 Å². The fourth-order valence-electron chi connectivity index (χ4n) is 5.68. The Hall–Kier alpha value is 1.92. The fourth-order valence-corrected chi connectivity index (χ4v) is 9.95. The summed E-state index contributed by atoms with van der Waals surface area (Å²) in [6.45, 7) is 0. The Bertz CT molecular complexity index is 409. The highest BCUT2D eigenvalue weighted by Crippen LogP contribution is 2.96. The molecule has 5 saturated carbocycles. The first-order valence-electron chi connectivity index (χ1n) is 6.61. The maximum absolute atomic E-state index is 4.07. The van der Waals surface area contributed by atoms with Gasteiger partial charge in [0, 0.05) is 10.8 Å². The second-order valence-corrected chi connectivity index (χ2v) is 14.3. The second kappa shape index (κ2) is 2.78. The monoisotopic (exact) mass is 486 g/mol. The van der Waals surface area contributed by atoms with Crippen molar-refractivity contribution in [2.45, 2.75) is 38.6 Å². The highest BCUT2D eigenvalue weighted by Gasteiger charge is 2.92. The van der Waals surface area contributed by atoms with Crippen molar-refractivity contribution >= 4 is 63.7 Å². The van der Waals surface area contributed by atoms with Crippen LogP contribution in [0.4, 0.5) is 0 Å². The summed E-state index contributed by atoms with van der Waals surface area (Å²) in [6.07, 6.45) is 7.31. The van der Waals surface area contributed by atoms with Crippen LogP contribution in [-0.2, 0) is 0 Å². The zero-order valence-electron chi connectivity index (χ0n) is 9.36. The van der Waals surface area contributed by atoms with Gasteiger partial charge in [-0.15, -0.1) is 0 Å². The summed E-state index contributed by atoms with van der Waals surface area (Å²) in [6, 6.07) is 0. The van der Waals surface area contributed by atoms with E-state index in [1.807, 2.05) is 0 Å². The molecule has 0 aromatic rings. The van der Waals surface area contributed by atoms with Crippen LogP contribution < -0.4 is 0 Å². The quantitative estimate of drug-likeness (QED) is 0.399. The number of hydrogen-bond acceptors (Lipinski definition) is 0. The van der Waals surface area contributed by atoms with E-state index >= 15 is 0 Å². The van der Waals surface area contributed by atoms with Crippen molar-refractivity contribution in [2.24, 2.45) is 34.5 Å². The third-order valence-corrected chi connectivity index (χ3v) is 12.2. The average molecular weight is 490 g/mol. The Kier molecular flexibility index (Phi) is 1.89. The van der Waals surface area contributed by atoms with E-state index in [0.29, 0.717) is 10.8 Å². The van der Waals surface area contributed by atoms with Gasteiger partial charge in [0.25, 0.3) is 0 Å². The Balaban J connectivity index is 1.60. The van der Waals surface area contributed by atoms with Crippen molar-refractivity contribution in [1.82, 2.24) is 0 Å². The molecule has 0 nitrogen and oxygen atoms in total. The summed E-state index contributed by atoms with van der Waals surface area (Å²) in [5.74, 6) is 3.86. The van der Waals surface area contributed by atoms with Gasteiger partial charge in [0.2, 0.25) is 0 Å². The first kappa shape index (κ1) is 11.6. The minimum absolute atomic E-state index is 0.275. The minimum Gasteiger partial charge on any atom is -0.0721 e. The van der Waals surface area contributed by atoms with Gasteiger partial charge in [-0.25, -0.2) is 0 Å². The smallest absolute Gasteiger partial charge is 0.0721 e. The molecule has 0 N–H and O–H groups in total. The molecule has 0 aromatic carbocycles. The van der Waals surface area contributed by atoms with Gasteiger partial charge in [-0.05, 0) is 55.8 Å². The fraction of sp³-hybridized carbons (Fsp3) is 1.00. The van der Waals surface area contributed by atoms with Crippen molar-refractivity contribution in [3.8, 4) is 0 Å². The molecular formula is C13H14Br4. The van der Waals surface area contributed by atoms with E-state index in [9.17, 15) is 0 Å². The Morgan fingerprint density at radius 3 is 1.65 bits per heavy atom. The summed E-state index contributed by atoms with van der Waals surface area (Å²) < 4.78 is 0.564. The zero-order valence-corrected chi connectivity index (χ0v) is 15.7. The van der Waals surface area contributed by atoms with Gasteiger partial charge < -0.3 is 0 Å². The van der Waals surface area contributed by atoms with Gasteiger partial charge in [-0.3, -0.25) is 0 Å². The van der Waals surface area contributed by atoms with Gasteiger partial charge in [0.1, 0.15) is 0 Å². The van der Waals surface area contributed by atoms with Crippen molar-refractivity contribution < 1.29 is 0 Å². The maximum Gasteiger partial charge on any atom is 0.0929 e. The van der Waals surface area contributed by atoms with Crippen LogP contribution in [0.2, 0.25) is 0 Å². The average Bonchev–Trinajstić information content (AvgIpc) is 3.14. The van der Waals surface area contributed by atoms with Crippen molar-refractivity contribution in [2.75, 3.05) is 0 Å². The van der Waals surface area contributed by atoms with Crippen molar-refractivity contribution in [1.29, 1.82) is 0 Å². The molecule has 4 heteroatoms. The second-order valence-electron chi connectivity index (χ2n) is 7.20. The molecule has 5 aliphatic carbocycles. The first-order chi connectivity index (χ1) is 7.86. The minimum atomic E-state index is 0.275. The molecule has 5 aliphatic rings. The van der Waals surface area contributed by atoms with Crippen LogP contribution in [-0.4, -0.2) is 6.47 Å². The summed E-state index contributed by atoms with van der Waals surface area (Å²) in [5, 5.41) is 0. The number of halogens is 4. The van der Waals surface area contributed by atoms with E-state index < -0.39 is 0 Å². The molecule has 94 valence electrons. The summed E-state index contributed by atoms with van der Waals surface area (Å²) in [4.78, 5) is 0. The van der Waals surface area contributed by atoms with Gasteiger partial charge in [-0.1, -0.05) is 63.7 Å². The Morgan fingerprint density at radius 2 is 1.18 bits per heavy atom. The van der Waals surface area contributed by atoms with Crippen LogP contribution in [0.15, 0.2) is 0 Å². The molecule has 6 atom stereocenters. The predicted molar refractivity (Wildman–Crippen MR) is 83.1 cm³/mol.